The van der Waals surface area contributed by atoms with Gasteiger partial charge in [-0.15, -0.1) is 0 Å². The van der Waals surface area contributed by atoms with Gasteiger partial charge in [-0.1, -0.05) is 56.3 Å². The summed E-state index contributed by atoms with van der Waals surface area (Å²) in [6.07, 6.45) is 1.16. The third-order valence-corrected chi connectivity index (χ3v) is 7.87. The van der Waals surface area contributed by atoms with Crippen LogP contribution in [-0.2, 0) is 26.3 Å². The molecule has 0 aliphatic rings. The van der Waals surface area contributed by atoms with Crippen LogP contribution in [0.1, 0.15) is 44.7 Å². The quantitative estimate of drug-likeness (QED) is 0.482. The number of hydrogen-bond donors (Lipinski definition) is 1. The molecule has 2 aromatic carbocycles. The smallest absolute Gasteiger partial charge is 0.304 e. The van der Waals surface area contributed by atoms with Gasteiger partial charge < -0.3 is 10.2 Å². The third-order valence-electron chi connectivity index (χ3n) is 6.05. The summed E-state index contributed by atoms with van der Waals surface area (Å²) in [4.78, 5) is 28.5. The van der Waals surface area contributed by atoms with Gasteiger partial charge in [-0.2, -0.15) is 12.7 Å². The van der Waals surface area contributed by atoms with Crippen molar-refractivity contribution in [2.45, 2.75) is 59.2 Å². The molecule has 2 amide bonds. The van der Waals surface area contributed by atoms with Crippen molar-refractivity contribution in [3.8, 4) is 0 Å². The van der Waals surface area contributed by atoms with E-state index in [2.05, 4.69) is 5.32 Å². The number of nitrogens with one attached hydrogen (secondary N) is 1. The fourth-order valence-corrected chi connectivity index (χ4v) is 4.70. The van der Waals surface area contributed by atoms with Crippen LogP contribution in [0.25, 0.3) is 0 Å². The summed E-state index contributed by atoms with van der Waals surface area (Å²) in [6.45, 7) is 7.46. The average molecular weight is 503 g/mol. The molecule has 0 bridgehead atoms. The highest BCUT2D eigenvalue weighted by Crippen LogP contribution is 2.21. The second-order valence-electron chi connectivity index (χ2n) is 8.82. The number of rotatable bonds is 12. The van der Waals surface area contributed by atoms with Crippen LogP contribution in [0, 0.1) is 6.92 Å². The second kappa shape index (κ2) is 12.7. The molecule has 0 aliphatic carbocycles. The molecule has 0 heterocycles. The number of para-hydroxylation sites is 1. The van der Waals surface area contributed by atoms with E-state index in [1.54, 1.807) is 30.3 Å². The van der Waals surface area contributed by atoms with E-state index in [9.17, 15) is 18.0 Å². The van der Waals surface area contributed by atoms with Gasteiger partial charge >= 0.3 is 10.2 Å². The van der Waals surface area contributed by atoms with E-state index in [-0.39, 0.29) is 18.5 Å². The number of nitrogens with zero attached hydrogens (tertiary/aromatic N) is 3. The predicted octanol–water partition coefficient (Wildman–Crippen LogP) is 3.33. The first kappa shape index (κ1) is 28.3. The molecule has 9 heteroatoms. The van der Waals surface area contributed by atoms with Crippen LogP contribution < -0.4 is 9.62 Å². The summed E-state index contributed by atoms with van der Waals surface area (Å²) < 4.78 is 28.5. The molecule has 2 unspecified atom stereocenters. The zero-order chi connectivity index (χ0) is 26.2. The van der Waals surface area contributed by atoms with E-state index >= 15 is 0 Å². The molecule has 0 aliphatic heterocycles. The van der Waals surface area contributed by atoms with Gasteiger partial charge in [-0.05, 0) is 49.9 Å². The molecule has 35 heavy (non-hydrogen) atoms. The molecule has 0 fully saturated rings. The van der Waals surface area contributed by atoms with Crippen molar-refractivity contribution in [3.63, 3.8) is 0 Å². The normalized spacial score (nSPS) is 13.2. The fraction of sp³-hybridized carbons (Fsp3) is 0.462. The van der Waals surface area contributed by atoms with E-state index in [1.165, 1.54) is 19.0 Å². The minimum absolute atomic E-state index is 0.0399. The van der Waals surface area contributed by atoms with Crippen LogP contribution in [0.4, 0.5) is 5.69 Å². The fourth-order valence-electron chi connectivity index (χ4n) is 3.64. The predicted molar refractivity (Wildman–Crippen MR) is 140 cm³/mol. The van der Waals surface area contributed by atoms with Gasteiger partial charge in [0.25, 0.3) is 0 Å². The summed E-state index contributed by atoms with van der Waals surface area (Å²) in [5, 5.41) is 2.98. The average Bonchev–Trinajstić information content (AvgIpc) is 2.83. The van der Waals surface area contributed by atoms with Gasteiger partial charge in [0.2, 0.25) is 11.8 Å². The first-order valence-corrected chi connectivity index (χ1v) is 13.3. The molecule has 2 rings (SSSR count). The number of carbonyl (C=O) groups is 2. The molecule has 0 saturated heterocycles. The van der Waals surface area contributed by atoms with E-state index in [1.807, 2.05) is 52.0 Å². The lowest BCUT2D eigenvalue weighted by atomic mass is 10.1. The molecule has 192 valence electrons. The van der Waals surface area contributed by atoms with Crippen LogP contribution in [0.15, 0.2) is 54.6 Å². The number of aryl methyl sites for hydroxylation is 1. The van der Waals surface area contributed by atoms with E-state index < -0.39 is 28.7 Å². The highest BCUT2D eigenvalue weighted by atomic mass is 32.2. The molecule has 2 atom stereocenters. The summed E-state index contributed by atoms with van der Waals surface area (Å²) in [5.74, 6) is -0.695. The summed E-state index contributed by atoms with van der Waals surface area (Å²) in [7, 11) is -1.11. The summed E-state index contributed by atoms with van der Waals surface area (Å²) in [5.41, 5.74) is 2.27. The molecule has 0 spiro atoms. The SMILES string of the molecule is CCC(C)NC(=O)C(CC)N(Cc1ccccc1C)C(=O)CN(c1ccccc1)S(=O)(=O)N(C)C. The Labute approximate surface area is 210 Å². The molecule has 2 aromatic rings. The van der Waals surface area contributed by atoms with Crippen LogP contribution in [0.2, 0.25) is 0 Å². The van der Waals surface area contributed by atoms with Crippen molar-refractivity contribution < 1.29 is 18.0 Å². The van der Waals surface area contributed by atoms with Crippen LogP contribution in [-0.4, -0.2) is 62.2 Å². The van der Waals surface area contributed by atoms with Crippen molar-refractivity contribution in [1.29, 1.82) is 0 Å². The highest BCUT2D eigenvalue weighted by molar-refractivity contribution is 7.90. The lowest BCUT2D eigenvalue weighted by Gasteiger charge is -2.34. The Bertz CT molecular complexity index is 1090. The first-order chi connectivity index (χ1) is 16.5. The Morgan fingerprint density at radius 2 is 1.54 bits per heavy atom. The minimum atomic E-state index is -3.96. The van der Waals surface area contributed by atoms with Crippen molar-refractivity contribution in [2.75, 3.05) is 24.9 Å². The topological polar surface area (TPSA) is 90.0 Å². The van der Waals surface area contributed by atoms with Crippen molar-refractivity contribution in [3.05, 3.63) is 65.7 Å². The van der Waals surface area contributed by atoms with E-state index in [0.717, 1.165) is 26.2 Å². The summed E-state index contributed by atoms with van der Waals surface area (Å²) in [6, 6.07) is 15.4. The molecule has 0 radical (unpaired) electrons. The summed E-state index contributed by atoms with van der Waals surface area (Å²) >= 11 is 0. The largest absolute Gasteiger partial charge is 0.352 e. The Balaban J connectivity index is 2.49. The maximum absolute atomic E-state index is 13.8. The Morgan fingerprint density at radius 1 is 0.943 bits per heavy atom. The number of hydrogen-bond acceptors (Lipinski definition) is 4. The van der Waals surface area contributed by atoms with Gasteiger partial charge in [0, 0.05) is 26.7 Å². The molecular weight excluding hydrogens is 464 g/mol. The second-order valence-corrected chi connectivity index (χ2v) is 10.9. The van der Waals surface area contributed by atoms with Gasteiger partial charge in [-0.3, -0.25) is 9.59 Å². The number of carbonyl (C=O) groups excluding carboxylic acids is 2. The Morgan fingerprint density at radius 3 is 2.09 bits per heavy atom. The Hall–Kier alpha value is -2.91. The Kier molecular flexibility index (Phi) is 10.3. The zero-order valence-electron chi connectivity index (χ0n) is 21.6. The number of amides is 2. The maximum atomic E-state index is 13.8. The van der Waals surface area contributed by atoms with Crippen LogP contribution in [0.3, 0.4) is 0 Å². The van der Waals surface area contributed by atoms with Crippen LogP contribution >= 0.6 is 0 Å². The van der Waals surface area contributed by atoms with E-state index in [0.29, 0.717) is 12.1 Å². The van der Waals surface area contributed by atoms with Gasteiger partial charge in [0.15, 0.2) is 0 Å². The van der Waals surface area contributed by atoms with Gasteiger partial charge in [0.1, 0.15) is 12.6 Å². The first-order valence-electron chi connectivity index (χ1n) is 11.9. The molecule has 0 saturated carbocycles. The van der Waals surface area contributed by atoms with Crippen molar-refractivity contribution >= 4 is 27.7 Å². The van der Waals surface area contributed by atoms with Crippen molar-refractivity contribution in [1.82, 2.24) is 14.5 Å². The number of anilines is 1. The molecular formula is C26H38N4O4S. The maximum Gasteiger partial charge on any atom is 0.304 e. The zero-order valence-corrected chi connectivity index (χ0v) is 22.4. The third kappa shape index (κ3) is 7.29. The molecule has 8 nitrogen and oxygen atoms in total. The van der Waals surface area contributed by atoms with Crippen LogP contribution in [0.5, 0.6) is 0 Å². The minimum Gasteiger partial charge on any atom is -0.352 e. The lowest BCUT2D eigenvalue weighted by Crippen LogP contribution is -2.54. The van der Waals surface area contributed by atoms with Crippen molar-refractivity contribution in [2.24, 2.45) is 0 Å². The molecule has 1 N–H and O–H groups in total. The number of benzene rings is 2. The van der Waals surface area contributed by atoms with Gasteiger partial charge in [0.05, 0.1) is 5.69 Å². The highest BCUT2D eigenvalue weighted by Gasteiger charge is 2.34. The lowest BCUT2D eigenvalue weighted by molar-refractivity contribution is -0.140. The van der Waals surface area contributed by atoms with Gasteiger partial charge in [-0.25, -0.2) is 4.31 Å². The van der Waals surface area contributed by atoms with E-state index in [4.69, 9.17) is 0 Å². The monoisotopic (exact) mass is 502 g/mol. The standard InChI is InChI=1S/C26H38N4O4S/c1-7-21(4)27-26(32)24(8-2)29(18-22-15-13-12-14-20(22)3)25(31)19-30(35(33,34)28(5)6)23-16-10-9-11-17-23/h9-17,21,24H,7-8,18-19H2,1-6H3,(H,27,32). The molecule has 0 aromatic heterocycles.